The van der Waals surface area contributed by atoms with Crippen molar-refractivity contribution in [3.63, 3.8) is 0 Å². The summed E-state index contributed by atoms with van der Waals surface area (Å²) in [5.41, 5.74) is 1.38. The van der Waals surface area contributed by atoms with Crippen molar-refractivity contribution in [2.24, 2.45) is 0 Å². The first-order chi connectivity index (χ1) is 11.5. The zero-order valence-corrected chi connectivity index (χ0v) is 14.3. The van der Waals surface area contributed by atoms with E-state index in [9.17, 15) is 9.59 Å². The van der Waals surface area contributed by atoms with E-state index in [2.05, 4.69) is 10.3 Å². The first-order valence-electron chi connectivity index (χ1n) is 7.62. The Morgan fingerprint density at radius 1 is 1.17 bits per heavy atom. The van der Waals surface area contributed by atoms with Crippen LogP contribution in [0.25, 0.3) is 0 Å². The molecular formula is C18H19ClN2O3. The van der Waals surface area contributed by atoms with Crippen molar-refractivity contribution in [3.05, 3.63) is 64.9 Å². The Balaban J connectivity index is 1.83. The fraction of sp³-hybridized carbons (Fsp3) is 0.278. The van der Waals surface area contributed by atoms with E-state index in [1.807, 2.05) is 37.3 Å². The van der Waals surface area contributed by atoms with Gasteiger partial charge in [0.05, 0.1) is 5.56 Å². The molecule has 1 N–H and O–H groups in total. The van der Waals surface area contributed by atoms with Crippen molar-refractivity contribution in [2.75, 3.05) is 6.54 Å². The molecule has 0 radical (unpaired) electrons. The van der Waals surface area contributed by atoms with Gasteiger partial charge in [0, 0.05) is 12.7 Å². The number of pyridine rings is 1. The molecule has 0 aliphatic carbocycles. The third kappa shape index (κ3) is 5.06. The van der Waals surface area contributed by atoms with Crippen LogP contribution in [-0.4, -0.2) is 29.5 Å². The zero-order valence-electron chi connectivity index (χ0n) is 13.5. The quantitative estimate of drug-likeness (QED) is 0.644. The summed E-state index contributed by atoms with van der Waals surface area (Å²) in [6.45, 7) is 4.02. The lowest BCUT2D eigenvalue weighted by Crippen LogP contribution is -2.37. The van der Waals surface area contributed by atoms with Crippen LogP contribution >= 0.6 is 11.6 Å². The van der Waals surface area contributed by atoms with Gasteiger partial charge in [-0.25, -0.2) is 9.78 Å². The molecule has 6 heteroatoms. The lowest BCUT2D eigenvalue weighted by molar-refractivity contribution is -0.129. The monoisotopic (exact) mass is 346 g/mol. The van der Waals surface area contributed by atoms with Crippen LogP contribution in [0.3, 0.4) is 0 Å². The van der Waals surface area contributed by atoms with Crippen LogP contribution in [0.4, 0.5) is 0 Å². The highest BCUT2D eigenvalue weighted by atomic mass is 35.5. The number of ether oxygens (including phenoxy) is 1. The van der Waals surface area contributed by atoms with Gasteiger partial charge in [-0.3, -0.25) is 4.79 Å². The lowest BCUT2D eigenvalue weighted by Gasteiger charge is -2.16. The second kappa shape index (κ2) is 8.45. The average molecular weight is 347 g/mol. The van der Waals surface area contributed by atoms with Crippen molar-refractivity contribution in [1.82, 2.24) is 10.3 Å². The minimum Gasteiger partial charge on any atom is -0.449 e. The van der Waals surface area contributed by atoms with Crippen LogP contribution in [0.1, 0.15) is 35.7 Å². The van der Waals surface area contributed by atoms with Gasteiger partial charge in [0.1, 0.15) is 5.15 Å². The van der Waals surface area contributed by atoms with Gasteiger partial charge in [0.25, 0.3) is 5.91 Å². The summed E-state index contributed by atoms with van der Waals surface area (Å²) in [7, 11) is 0. The molecule has 1 heterocycles. The van der Waals surface area contributed by atoms with E-state index in [4.69, 9.17) is 16.3 Å². The molecule has 2 atom stereocenters. The average Bonchev–Trinajstić information content (AvgIpc) is 2.60. The van der Waals surface area contributed by atoms with Crippen molar-refractivity contribution in [3.8, 4) is 0 Å². The maximum absolute atomic E-state index is 12.1. The lowest BCUT2D eigenvalue weighted by atomic mass is 10.0. The first-order valence-corrected chi connectivity index (χ1v) is 8.00. The smallest absolute Gasteiger partial charge is 0.340 e. The molecule has 0 saturated carbocycles. The van der Waals surface area contributed by atoms with Crippen LogP contribution in [0.5, 0.6) is 0 Å². The molecule has 24 heavy (non-hydrogen) atoms. The Kier molecular flexibility index (Phi) is 6.32. The largest absolute Gasteiger partial charge is 0.449 e. The van der Waals surface area contributed by atoms with Gasteiger partial charge in [-0.05, 0) is 30.5 Å². The van der Waals surface area contributed by atoms with Crippen molar-refractivity contribution >= 4 is 23.5 Å². The minimum absolute atomic E-state index is 0.165. The molecule has 0 spiro atoms. The van der Waals surface area contributed by atoms with Gasteiger partial charge in [0.2, 0.25) is 0 Å². The summed E-state index contributed by atoms with van der Waals surface area (Å²) in [6, 6.07) is 12.9. The van der Waals surface area contributed by atoms with Gasteiger partial charge >= 0.3 is 5.97 Å². The van der Waals surface area contributed by atoms with Gasteiger partial charge in [-0.15, -0.1) is 0 Å². The van der Waals surface area contributed by atoms with E-state index < -0.39 is 12.1 Å². The number of hydrogen-bond donors (Lipinski definition) is 1. The van der Waals surface area contributed by atoms with E-state index in [0.717, 1.165) is 5.56 Å². The van der Waals surface area contributed by atoms with E-state index in [1.54, 1.807) is 0 Å². The molecular weight excluding hydrogens is 328 g/mol. The Labute approximate surface area is 146 Å². The van der Waals surface area contributed by atoms with E-state index >= 15 is 0 Å². The summed E-state index contributed by atoms with van der Waals surface area (Å²) in [5.74, 6) is -0.788. The standard InChI is InChI=1S/C18H19ClN2O3/c1-12(14-6-4-3-5-7-14)10-21-17(22)13(2)24-18(23)15-8-9-16(19)20-11-15/h3-9,11-13H,10H2,1-2H3,(H,21,22)/t12-,13+/m1/s1. The highest BCUT2D eigenvalue weighted by Crippen LogP contribution is 2.13. The maximum Gasteiger partial charge on any atom is 0.340 e. The molecule has 0 unspecified atom stereocenters. The Hall–Kier alpha value is -2.40. The second-order valence-corrected chi connectivity index (χ2v) is 5.86. The number of carbonyl (C=O) groups is 2. The Morgan fingerprint density at radius 2 is 1.88 bits per heavy atom. The fourth-order valence-electron chi connectivity index (χ4n) is 2.08. The number of benzene rings is 1. The molecule has 0 aliphatic heterocycles. The van der Waals surface area contributed by atoms with Gasteiger partial charge < -0.3 is 10.1 Å². The molecule has 5 nitrogen and oxygen atoms in total. The molecule has 1 aromatic carbocycles. The Morgan fingerprint density at radius 3 is 2.50 bits per heavy atom. The number of aromatic nitrogens is 1. The third-order valence-corrected chi connectivity index (χ3v) is 3.79. The topological polar surface area (TPSA) is 68.3 Å². The van der Waals surface area contributed by atoms with Crippen molar-refractivity contribution < 1.29 is 14.3 Å². The van der Waals surface area contributed by atoms with Gasteiger partial charge in [-0.1, -0.05) is 48.9 Å². The number of esters is 1. The number of amides is 1. The molecule has 1 amide bonds. The highest BCUT2D eigenvalue weighted by Gasteiger charge is 2.19. The number of nitrogens with zero attached hydrogens (tertiary/aromatic N) is 1. The number of carbonyl (C=O) groups excluding carboxylic acids is 2. The minimum atomic E-state index is -0.892. The SMILES string of the molecule is C[C@H](OC(=O)c1ccc(Cl)nc1)C(=O)NC[C@@H](C)c1ccccc1. The van der Waals surface area contributed by atoms with E-state index in [-0.39, 0.29) is 22.5 Å². The molecule has 126 valence electrons. The predicted octanol–water partition coefficient (Wildman–Crippen LogP) is 3.20. The van der Waals surface area contributed by atoms with Crippen LogP contribution in [0, 0.1) is 0 Å². The van der Waals surface area contributed by atoms with Crippen LogP contribution < -0.4 is 5.32 Å². The molecule has 0 aliphatic rings. The van der Waals surface area contributed by atoms with Crippen LogP contribution in [0.15, 0.2) is 48.7 Å². The molecule has 0 saturated heterocycles. The maximum atomic E-state index is 12.1. The molecule has 0 fully saturated rings. The van der Waals surface area contributed by atoms with E-state index in [1.165, 1.54) is 25.3 Å². The molecule has 1 aromatic heterocycles. The number of rotatable bonds is 6. The molecule has 0 bridgehead atoms. The Bertz CT molecular complexity index is 689. The number of hydrogen-bond acceptors (Lipinski definition) is 4. The summed E-state index contributed by atoms with van der Waals surface area (Å²) in [4.78, 5) is 27.8. The van der Waals surface area contributed by atoms with Gasteiger partial charge in [0.15, 0.2) is 6.10 Å². The second-order valence-electron chi connectivity index (χ2n) is 5.47. The van der Waals surface area contributed by atoms with E-state index in [0.29, 0.717) is 6.54 Å². The predicted molar refractivity (Wildman–Crippen MR) is 92.0 cm³/mol. The summed E-state index contributed by atoms with van der Waals surface area (Å²) in [6.07, 6.45) is 0.420. The number of halogens is 1. The molecule has 2 rings (SSSR count). The fourth-order valence-corrected chi connectivity index (χ4v) is 2.19. The zero-order chi connectivity index (χ0) is 17.5. The highest BCUT2D eigenvalue weighted by molar-refractivity contribution is 6.29. The van der Waals surface area contributed by atoms with Crippen molar-refractivity contribution in [2.45, 2.75) is 25.9 Å². The summed E-state index contributed by atoms with van der Waals surface area (Å²) in [5, 5.41) is 3.08. The van der Waals surface area contributed by atoms with Gasteiger partial charge in [-0.2, -0.15) is 0 Å². The molecule has 2 aromatic rings. The van der Waals surface area contributed by atoms with Crippen molar-refractivity contribution in [1.29, 1.82) is 0 Å². The first kappa shape index (κ1) is 17.9. The number of nitrogens with one attached hydrogen (secondary N) is 1. The van der Waals surface area contributed by atoms with Crippen LogP contribution in [-0.2, 0) is 9.53 Å². The summed E-state index contributed by atoms with van der Waals surface area (Å²) >= 11 is 5.67. The summed E-state index contributed by atoms with van der Waals surface area (Å²) < 4.78 is 5.14. The normalized spacial score (nSPS) is 13.0. The van der Waals surface area contributed by atoms with Crippen LogP contribution in [0.2, 0.25) is 5.15 Å². The third-order valence-electron chi connectivity index (χ3n) is 3.57.